The highest BCUT2D eigenvalue weighted by Gasteiger charge is 2.24. The molecule has 0 bridgehead atoms. The minimum absolute atomic E-state index is 0.0110. The molecular formula is C14H19ClN2O4. The number of carbonyl (C=O) groups excluding carboxylic acids is 1. The van der Waals surface area contributed by atoms with Crippen LogP contribution in [0.3, 0.4) is 0 Å². The molecule has 0 heterocycles. The van der Waals surface area contributed by atoms with Crippen LogP contribution in [0.15, 0.2) is 18.2 Å². The van der Waals surface area contributed by atoms with Crippen molar-refractivity contribution in [3.8, 4) is 0 Å². The smallest absolute Gasteiger partial charge is 0.270 e. The summed E-state index contributed by atoms with van der Waals surface area (Å²) in [5.41, 5.74) is -0.0518. The molecule has 1 aromatic rings. The van der Waals surface area contributed by atoms with Crippen LogP contribution < -0.4 is 5.32 Å². The topological polar surface area (TPSA) is 92.5 Å². The van der Waals surface area contributed by atoms with Crippen LogP contribution in [0.25, 0.3) is 0 Å². The minimum atomic E-state index is -0.537. The number of aliphatic hydroxyl groups excluding tert-OH is 1. The van der Waals surface area contributed by atoms with E-state index in [-0.39, 0.29) is 29.6 Å². The quantitative estimate of drug-likeness (QED) is 0.597. The highest BCUT2D eigenvalue weighted by atomic mass is 35.5. The van der Waals surface area contributed by atoms with Crippen molar-refractivity contribution in [2.75, 3.05) is 6.61 Å². The number of carbonyl (C=O) groups is 1. The first-order valence-corrected chi connectivity index (χ1v) is 7.04. The number of benzene rings is 1. The Morgan fingerprint density at radius 3 is 2.67 bits per heavy atom. The largest absolute Gasteiger partial charge is 0.396 e. The lowest BCUT2D eigenvalue weighted by molar-refractivity contribution is -0.384. The van der Waals surface area contributed by atoms with E-state index in [1.165, 1.54) is 18.2 Å². The SMILES string of the molecule is CCC(C)(CCO)NC(=O)Cc1ccc([N+](=O)[O-])cc1Cl. The number of non-ortho nitro benzene ring substituents is 1. The Morgan fingerprint density at radius 1 is 1.52 bits per heavy atom. The second-order valence-corrected chi connectivity index (χ2v) is 5.55. The van der Waals surface area contributed by atoms with Gasteiger partial charge in [-0.05, 0) is 25.3 Å². The van der Waals surface area contributed by atoms with E-state index < -0.39 is 10.5 Å². The maximum Gasteiger partial charge on any atom is 0.270 e. The molecule has 0 aliphatic heterocycles. The van der Waals surface area contributed by atoms with Crippen molar-refractivity contribution >= 4 is 23.2 Å². The molecule has 6 nitrogen and oxygen atoms in total. The van der Waals surface area contributed by atoms with E-state index in [0.29, 0.717) is 18.4 Å². The summed E-state index contributed by atoms with van der Waals surface area (Å²) < 4.78 is 0. The van der Waals surface area contributed by atoms with Gasteiger partial charge in [-0.25, -0.2) is 0 Å². The Labute approximate surface area is 128 Å². The molecule has 0 saturated heterocycles. The molecule has 1 rings (SSSR count). The zero-order valence-corrected chi connectivity index (χ0v) is 12.8. The van der Waals surface area contributed by atoms with Crippen molar-refractivity contribution < 1.29 is 14.8 Å². The summed E-state index contributed by atoms with van der Waals surface area (Å²) in [6.45, 7) is 3.77. The van der Waals surface area contributed by atoms with Gasteiger partial charge in [0.05, 0.1) is 16.4 Å². The maximum atomic E-state index is 12.0. The number of nitrogens with one attached hydrogen (secondary N) is 1. The molecule has 116 valence electrons. The molecule has 0 fully saturated rings. The molecule has 1 amide bonds. The molecule has 21 heavy (non-hydrogen) atoms. The fraction of sp³-hybridized carbons (Fsp3) is 0.500. The highest BCUT2D eigenvalue weighted by molar-refractivity contribution is 6.31. The van der Waals surface area contributed by atoms with Gasteiger partial charge in [-0.2, -0.15) is 0 Å². The van der Waals surface area contributed by atoms with Gasteiger partial charge in [-0.3, -0.25) is 14.9 Å². The Bertz CT molecular complexity index is 536. The Kier molecular flexibility index (Phi) is 6.11. The third kappa shape index (κ3) is 4.99. The molecule has 2 N–H and O–H groups in total. The monoisotopic (exact) mass is 314 g/mol. The van der Waals surface area contributed by atoms with Crippen molar-refractivity contribution in [1.82, 2.24) is 5.32 Å². The zero-order chi connectivity index (χ0) is 16.0. The predicted octanol–water partition coefficient (Wildman–Crippen LogP) is 2.46. The lowest BCUT2D eigenvalue weighted by Gasteiger charge is -2.29. The highest BCUT2D eigenvalue weighted by Crippen LogP contribution is 2.23. The van der Waals surface area contributed by atoms with Gasteiger partial charge in [0.1, 0.15) is 0 Å². The van der Waals surface area contributed by atoms with Crippen LogP contribution in [0.4, 0.5) is 5.69 Å². The number of amides is 1. The molecule has 0 saturated carbocycles. The molecule has 1 atom stereocenters. The van der Waals surface area contributed by atoms with Gasteiger partial charge in [0.2, 0.25) is 5.91 Å². The molecule has 1 unspecified atom stereocenters. The van der Waals surface area contributed by atoms with Crippen LogP contribution >= 0.6 is 11.6 Å². The van der Waals surface area contributed by atoms with E-state index >= 15 is 0 Å². The van der Waals surface area contributed by atoms with Gasteiger partial charge in [-0.15, -0.1) is 0 Å². The van der Waals surface area contributed by atoms with E-state index in [4.69, 9.17) is 16.7 Å². The third-order valence-corrected chi connectivity index (χ3v) is 3.84. The van der Waals surface area contributed by atoms with Crippen LogP contribution in [0.2, 0.25) is 5.02 Å². The Hall–Kier alpha value is -1.66. The van der Waals surface area contributed by atoms with Gasteiger partial charge in [-0.1, -0.05) is 24.6 Å². The van der Waals surface area contributed by atoms with Gasteiger partial charge in [0, 0.05) is 24.3 Å². The number of hydrogen-bond donors (Lipinski definition) is 2. The molecule has 0 aliphatic rings. The first-order chi connectivity index (χ1) is 9.81. The maximum absolute atomic E-state index is 12.0. The fourth-order valence-electron chi connectivity index (χ4n) is 1.92. The molecule has 1 aromatic carbocycles. The van der Waals surface area contributed by atoms with E-state index in [0.717, 1.165) is 0 Å². The predicted molar refractivity (Wildman–Crippen MR) is 80.4 cm³/mol. The number of aliphatic hydroxyl groups is 1. The van der Waals surface area contributed by atoms with Crippen LogP contribution in [0.1, 0.15) is 32.3 Å². The van der Waals surface area contributed by atoms with Gasteiger partial charge in [0.15, 0.2) is 0 Å². The molecule has 0 radical (unpaired) electrons. The Morgan fingerprint density at radius 2 is 2.19 bits per heavy atom. The molecule has 0 aromatic heterocycles. The van der Waals surface area contributed by atoms with Crippen LogP contribution in [-0.4, -0.2) is 28.1 Å². The third-order valence-electron chi connectivity index (χ3n) is 3.48. The number of rotatable bonds is 7. The average molecular weight is 315 g/mol. The van der Waals surface area contributed by atoms with Gasteiger partial charge >= 0.3 is 0 Å². The molecule has 0 spiro atoms. The normalized spacial score (nSPS) is 13.5. The summed E-state index contributed by atoms with van der Waals surface area (Å²) in [6, 6.07) is 4.04. The standard InChI is InChI=1S/C14H19ClN2O4/c1-3-14(2,6-7-18)16-13(19)8-10-4-5-11(17(20)21)9-12(10)15/h4-5,9,18H,3,6-8H2,1-2H3,(H,16,19). The zero-order valence-electron chi connectivity index (χ0n) is 12.1. The average Bonchev–Trinajstić information content (AvgIpc) is 2.41. The lowest BCUT2D eigenvalue weighted by Crippen LogP contribution is -2.46. The summed E-state index contributed by atoms with van der Waals surface area (Å²) in [4.78, 5) is 22.1. The van der Waals surface area contributed by atoms with Crippen LogP contribution in [-0.2, 0) is 11.2 Å². The molecule has 7 heteroatoms. The minimum Gasteiger partial charge on any atom is -0.396 e. The summed E-state index contributed by atoms with van der Waals surface area (Å²) in [7, 11) is 0. The van der Waals surface area contributed by atoms with Crippen molar-refractivity contribution in [1.29, 1.82) is 0 Å². The number of nitrogens with zero attached hydrogens (tertiary/aromatic N) is 1. The summed E-state index contributed by atoms with van der Waals surface area (Å²) in [5.74, 6) is -0.233. The van der Waals surface area contributed by atoms with Crippen molar-refractivity contribution in [2.24, 2.45) is 0 Å². The lowest BCUT2D eigenvalue weighted by atomic mass is 9.94. The van der Waals surface area contributed by atoms with Crippen molar-refractivity contribution in [3.05, 3.63) is 38.9 Å². The fourth-order valence-corrected chi connectivity index (χ4v) is 2.16. The van der Waals surface area contributed by atoms with E-state index in [1.54, 1.807) is 0 Å². The van der Waals surface area contributed by atoms with Crippen LogP contribution in [0, 0.1) is 10.1 Å². The second-order valence-electron chi connectivity index (χ2n) is 5.15. The first kappa shape index (κ1) is 17.4. The summed E-state index contributed by atoms with van der Waals surface area (Å²) in [5, 5.41) is 22.7. The van der Waals surface area contributed by atoms with Crippen molar-refractivity contribution in [2.45, 2.75) is 38.6 Å². The molecular weight excluding hydrogens is 296 g/mol. The Balaban J connectivity index is 2.77. The first-order valence-electron chi connectivity index (χ1n) is 6.66. The van der Waals surface area contributed by atoms with E-state index in [9.17, 15) is 14.9 Å². The van der Waals surface area contributed by atoms with E-state index in [2.05, 4.69) is 5.32 Å². The molecule has 0 aliphatic carbocycles. The van der Waals surface area contributed by atoms with E-state index in [1.807, 2.05) is 13.8 Å². The number of nitro benzene ring substituents is 1. The van der Waals surface area contributed by atoms with Gasteiger partial charge < -0.3 is 10.4 Å². The van der Waals surface area contributed by atoms with Crippen LogP contribution in [0.5, 0.6) is 0 Å². The number of halogens is 1. The summed E-state index contributed by atoms with van der Waals surface area (Å²) >= 11 is 5.96. The second kappa shape index (κ2) is 7.38. The van der Waals surface area contributed by atoms with Gasteiger partial charge in [0.25, 0.3) is 5.69 Å². The van der Waals surface area contributed by atoms with Crippen molar-refractivity contribution in [3.63, 3.8) is 0 Å². The summed E-state index contributed by atoms with van der Waals surface area (Å²) in [6.07, 6.45) is 1.19. The number of nitro groups is 1. The number of hydrogen-bond acceptors (Lipinski definition) is 4.